The van der Waals surface area contributed by atoms with Gasteiger partial charge >= 0.3 is 5.97 Å². The lowest BCUT2D eigenvalue weighted by Gasteiger charge is -2.13. The van der Waals surface area contributed by atoms with Gasteiger partial charge in [-0.05, 0) is 36.4 Å². The van der Waals surface area contributed by atoms with Crippen molar-refractivity contribution in [1.29, 1.82) is 0 Å². The van der Waals surface area contributed by atoms with Gasteiger partial charge in [0.1, 0.15) is 0 Å². The minimum atomic E-state index is -1.32. The van der Waals surface area contributed by atoms with Crippen LogP contribution in [0.15, 0.2) is 53.4 Å². The van der Waals surface area contributed by atoms with Gasteiger partial charge in [-0.2, -0.15) is 0 Å². The van der Waals surface area contributed by atoms with Gasteiger partial charge < -0.3 is 15.0 Å². The number of rotatable bonds is 6. The van der Waals surface area contributed by atoms with Gasteiger partial charge in [-0.3, -0.25) is 9.00 Å². The van der Waals surface area contributed by atoms with Gasteiger partial charge in [0.2, 0.25) is 0 Å². The summed E-state index contributed by atoms with van der Waals surface area (Å²) in [4.78, 5) is 26.4. The van der Waals surface area contributed by atoms with Crippen LogP contribution in [0.5, 0.6) is 0 Å². The molecule has 2 aromatic rings. The fourth-order valence-corrected chi connectivity index (χ4v) is 2.87. The van der Waals surface area contributed by atoms with Crippen molar-refractivity contribution in [3.8, 4) is 0 Å². The molecule has 0 aliphatic heterocycles. The third-order valence-corrected chi connectivity index (χ3v) is 4.39. The zero-order valence-corrected chi connectivity index (χ0v) is 15.1. The van der Waals surface area contributed by atoms with Crippen LogP contribution in [-0.4, -0.2) is 43.0 Å². The second-order valence-electron chi connectivity index (χ2n) is 5.52. The van der Waals surface area contributed by atoms with E-state index in [1.165, 1.54) is 12.3 Å². The SMILES string of the molecule is CN(C)c1ccc(NC(=O)COC(=O)c2ccccc2[S@@](C)=O)cc1. The summed E-state index contributed by atoms with van der Waals surface area (Å²) in [7, 11) is 2.53. The van der Waals surface area contributed by atoms with Crippen molar-refractivity contribution in [2.24, 2.45) is 0 Å². The van der Waals surface area contributed by atoms with Crippen LogP contribution in [0.4, 0.5) is 11.4 Å². The first-order valence-electron chi connectivity index (χ1n) is 7.55. The topological polar surface area (TPSA) is 75.7 Å². The van der Waals surface area contributed by atoms with Gasteiger partial charge in [0.15, 0.2) is 6.61 Å². The molecule has 0 fully saturated rings. The average molecular weight is 360 g/mol. The molecule has 7 heteroatoms. The third-order valence-electron chi connectivity index (χ3n) is 3.42. The molecule has 0 saturated carbocycles. The number of amides is 1. The number of anilines is 2. The Kier molecular flexibility index (Phi) is 6.30. The Hall–Kier alpha value is -2.67. The molecule has 1 N–H and O–H groups in total. The maximum atomic E-state index is 12.1. The van der Waals surface area contributed by atoms with E-state index in [0.29, 0.717) is 10.6 Å². The monoisotopic (exact) mass is 360 g/mol. The summed E-state index contributed by atoms with van der Waals surface area (Å²) in [5.41, 5.74) is 1.82. The van der Waals surface area contributed by atoms with Gasteiger partial charge in [0, 0.05) is 31.7 Å². The van der Waals surface area contributed by atoms with E-state index in [0.717, 1.165) is 5.69 Å². The number of carbonyl (C=O) groups excluding carboxylic acids is 2. The molecule has 0 aliphatic rings. The van der Waals surface area contributed by atoms with Gasteiger partial charge in [0.25, 0.3) is 5.91 Å². The minimum Gasteiger partial charge on any atom is -0.452 e. The van der Waals surface area contributed by atoms with Gasteiger partial charge in [-0.25, -0.2) is 4.79 Å². The molecule has 0 unspecified atom stereocenters. The average Bonchev–Trinajstić information content (AvgIpc) is 2.60. The molecule has 25 heavy (non-hydrogen) atoms. The lowest BCUT2D eigenvalue weighted by Crippen LogP contribution is -2.21. The largest absolute Gasteiger partial charge is 0.452 e. The fourth-order valence-electron chi connectivity index (χ4n) is 2.13. The number of carbonyl (C=O) groups is 2. The summed E-state index contributed by atoms with van der Waals surface area (Å²) in [5.74, 6) is -1.12. The lowest BCUT2D eigenvalue weighted by atomic mass is 10.2. The molecular formula is C18H20N2O4S. The summed E-state index contributed by atoms with van der Waals surface area (Å²) in [6.07, 6.45) is 1.48. The number of esters is 1. The summed E-state index contributed by atoms with van der Waals surface area (Å²) in [6.45, 7) is -0.418. The highest BCUT2D eigenvalue weighted by Crippen LogP contribution is 2.16. The summed E-state index contributed by atoms with van der Waals surface area (Å²) in [6, 6.07) is 13.7. The van der Waals surface area contributed by atoms with E-state index in [2.05, 4.69) is 5.32 Å². The predicted molar refractivity (Wildman–Crippen MR) is 98.5 cm³/mol. The van der Waals surface area contributed by atoms with Gasteiger partial charge in [0.05, 0.1) is 21.3 Å². The zero-order chi connectivity index (χ0) is 18.4. The molecule has 2 aromatic carbocycles. The molecule has 0 spiro atoms. The number of nitrogens with one attached hydrogen (secondary N) is 1. The van der Waals surface area contributed by atoms with Crippen LogP contribution in [0.25, 0.3) is 0 Å². The highest BCUT2D eigenvalue weighted by atomic mass is 32.2. The molecule has 0 saturated heterocycles. The Morgan fingerprint density at radius 2 is 1.72 bits per heavy atom. The molecule has 1 atom stereocenters. The van der Waals surface area contributed by atoms with Crippen molar-refractivity contribution in [2.75, 3.05) is 37.2 Å². The van der Waals surface area contributed by atoms with Crippen molar-refractivity contribution in [2.45, 2.75) is 4.90 Å². The van der Waals surface area contributed by atoms with Crippen LogP contribution in [0, 0.1) is 0 Å². The zero-order valence-electron chi connectivity index (χ0n) is 14.3. The molecular weight excluding hydrogens is 340 g/mol. The summed E-state index contributed by atoms with van der Waals surface area (Å²) in [5, 5.41) is 2.66. The maximum absolute atomic E-state index is 12.1. The Labute approximate surface area is 149 Å². The van der Waals surface area contributed by atoms with Crippen LogP contribution in [0.2, 0.25) is 0 Å². The van der Waals surface area contributed by atoms with Gasteiger partial charge in [-0.1, -0.05) is 12.1 Å². The highest BCUT2D eigenvalue weighted by Gasteiger charge is 2.16. The quantitative estimate of drug-likeness (QED) is 0.800. The van der Waals surface area contributed by atoms with Gasteiger partial charge in [-0.15, -0.1) is 0 Å². The maximum Gasteiger partial charge on any atom is 0.339 e. The molecule has 2 rings (SSSR count). The standard InChI is InChI=1S/C18H20N2O4S/c1-20(2)14-10-8-13(9-11-14)19-17(21)12-24-18(22)15-6-4-5-7-16(15)25(3)23/h4-11H,12H2,1-3H3,(H,19,21)/t25-/m1/s1. The molecule has 132 valence electrons. The van der Waals surface area contributed by atoms with E-state index >= 15 is 0 Å². The van der Waals surface area contributed by atoms with E-state index in [1.54, 1.807) is 30.3 Å². The van der Waals surface area contributed by atoms with Crippen LogP contribution in [0.1, 0.15) is 10.4 Å². The Morgan fingerprint density at radius 3 is 2.32 bits per heavy atom. The molecule has 0 bridgehead atoms. The normalized spacial score (nSPS) is 11.5. The van der Waals surface area contributed by atoms with Crippen LogP contribution in [0.3, 0.4) is 0 Å². The number of nitrogens with zero attached hydrogens (tertiary/aromatic N) is 1. The lowest BCUT2D eigenvalue weighted by molar-refractivity contribution is -0.119. The molecule has 0 heterocycles. The summed E-state index contributed by atoms with van der Waals surface area (Å²) < 4.78 is 16.7. The van der Waals surface area contributed by atoms with Crippen LogP contribution < -0.4 is 10.2 Å². The van der Waals surface area contributed by atoms with Crippen molar-refractivity contribution < 1.29 is 18.5 Å². The van der Waals surface area contributed by atoms with Crippen molar-refractivity contribution in [3.05, 3.63) is 54.1 Å². The van der Waals surface area contributed by atoms with E-state index in [1.807, 2.05) is 31.1 Å². The Bertz CT molecular complexity index is 788. The third kappa shape index (κ3) is 5.15. The Morgan fingerprint density at radius 1 is 1.08 bits per heavy atom. The molecule has 6 nitrogen and oxygen atoms in total. The van der Waals surface area contributed by atoms with E-state index in [9.17, 15) is 13.8 Å². The number of hydrogen-bond acceptors (Lipinski definition) is 5. The highest BCUT2D eigenvalue weighted by molar-refractivity contribution is 7.84. The van der Waals surface area contributed by atoms with E-state index < -0.39 is 29.3 Å². The summed E-state index contributed by atoms with van der Waals surface area (Å²) >= 11 is 0. The van der Waals surface area contributed by atoms with E-state index in [4.69, 9.17) is 4.74 Å². The van der Waals surface area contributed by atoms with E-state index in [-0.39, 0.29) is 5.56 Å². The van der Waals surface area contributed by atoms with Crippen molar-refractivity contribution in [3.63, 3.8) is 0 Å². The number of ether oxygens (including phenoxy) is 1. The molecule has 0 radical (unpaired) electrons. The van der Waals surface area contributed by atoms with Crippen LogP contribution >= 0.6 is 0 Å². The predicted octanol–water partition coefficient (Wildman–Crippen LogP) is 2.29. The molecule has 0 aromatic heterocycles. The number of benzene rings is 2. The first-order valence-corrected chi connectivity index (χ1v) is 9.11. The Balaban J connectivity index is 1.93. The number of hydrogen-bond donors (Lipinski definition) is 1. The molecule has 1 amide bonds. The fraction of sp³-hybridized carbons (Fsp3) is 0.222. The second-order valence-corrected chi connectivity index (χ2v) is 6.86. The van der Waals surface area contributed by atoms with Crippen LogP contribution in [-0.2, 0) is 20.3 Å². The molecule has 0 aliphatic carbocycles. The first-order chi connectivity index (χ1) is 11.9. The minimum absolute atomic E-state index is 0.200. The van der Waals surface area contributed by atoms with Crippen molar-refractivity contribution in [1.82, 2.24) is 0 Å². The second kappa shape index (κ2) is 8.43. The smallest absolute Gasteiger partial charge is 0.339 e. The first kappa shape index (κ1) is 18.7. The van der Waals surface area contributed by atoms with Crippen molar-refractivity contribution >= 4 is 34.1 Å².